The third-order valence-electron chi connectivity index (χ3n) is 3.83. The second-order valence-electron chi connectivity index (χ2n) is 5.53. The van der Waals surface area contributed by atoms with Crippen LogP contribution in [-0.2, 0) is 14.3 Å². The second-order valence-corrected chi connectivity index (χ2v) is 6.37. The zero-order chi connectivity index (χ0) is 19.6. The van der Waals surface area contributed by atoms with Gasteiger partial charge in [0.15, 0.2) is 0 Å². The van der Waals surface area contributed by atoms with Crippen molar-refractivity contribution in [2.24, 2.45) is 0 Å². The van der Waals surface area contributed by atoms with Crippen molar-refractivity contribution in [1.82, 2.24) is 4.98 Å². The van der Waals surface area contributed by atoms with Gasteiger partial charge in [-0.3, -0.25) is 4.98 Å². The molecule has 1 heterocycles. The van der Waals surface area contributed by atoms with Crippen LogP contribution in [0.15, 0.2) is 48.8 Å². The number of hydrogen-bond acceptors (Lipinski definition) is 5. The first-order valence-corrected chi connectivity index (χ1v) is 8.43. The van der Waals surface area contributed by atoms with Crippen LogP contribution in [0.3, 0.4) is 0 Å². The normalized spacial score (nSPS) is 11.9. The van der Waals surface area contributed by atoms with E-state index in [4.69, 9.17) is 27.9 Å². The van der Waals surface area contributed by atoms with Gasteiger partial charge in [-0.1, -0.05) is 29.3 Å². The molecule has 0 fully saturated rings. The standard InChI is InChI=1S/C19H12Cl2FNO4/c1-26-19(25)17(13-3-2-12(20)8-15(13)21)27-18(24)14-6-10-4-5-23-9-11(10)7-16(14)22/h2-9,17H,1H3. The predicted molar refractivity (Wildman–Crippen MR) is 98.3 cm³/mol. The Labute approximate surface area is 163 Å². The molecule has 0 N–H and O–H groups in total. The monoisotopic (exact) mass is 407 g/mol. The van der Waals surface area contributed by atoms with E-state index in [0.29, 0.717) is 15.8 Å². The smallest absolute Gasteiger partial charge is 0.352 e. The van der Waals surface area contributed by atoms with Crippen molar-refractivity contribution in [1.29, 1.82) is 0 Å². The van der Waals surface area contributed by atoms with Gasteiger partial charge in [-0.25, -0.2) is 14.0 Å². The largest absolute Gasteiger partial charge is 0.466 e. The number of carbonyl (C=O) groups excluding carboxylic acids is 2. The molecular formula is C19H12Cl2FNO4. The average Bonchev–Trinajstić information content (AvgIpc) is 2.65. The minimum absolute atomic E-state index is 0.107. The number of pyridine rings is 1. The summed E-state index contributed by atoms with van der Waals surface area (Å²) in [5.74, 6) is -2.70. The molecule has 0 radical (unpaired) electrons. The van der Waals surface area contributed by atoms with Crippen molar-refractivity contribution >= 4 is 45.9 Å². The molecule has 138 valence electrons. The fraction of sp³-hybridized carbons (Fsp3) is 0.105. The van der Waals surface area contributed by atoms with E-state index in [1.54, 1.807) is 6.07 Å². The average molecular weight is 408 g/mol. The maximum absolute atomic E-state index is 14.3. The van der Waals surface area contributed by atoms with Crippen molar-refractivity contribution in [3.8, 4) is 0 Å². The maximum Gasteiger partial charge on any atom is 0.352 e. The summed E-state index contributed by atoms with van der Waals surface area (Å²) in [5.41, 5.74) is -0.153. The van der Waals surface area contributed by atoms with Crippen molar-refractivity contribution in [2.75, 3.05) is 7.11 Å². The number of halogens is 3. The van der Waals surface area contributed by atoms with Gasteiger partial charge < -0.3 is 9.47 Å². The van der Waals surface area contributed by atoms with Crippen LogP contribution in [0.4, 0.5) is 4.39 Å². The molecule has 0 aliphatic rings. The lowest BCUT2D eigenvalue weighted by molar-refractivity contribution is -0.151. The topological polar surface area (TPSA) is 65.5 Å². The third kappa shape index (κ3) is 4.02. The van der Waals surface area contributed by atoms with Crippen LogP contribution < -0.4 is 0 Å². The Morgan fingerprint density at radius 3 is 2.59 bits per heavy atom. The number of ether oxygens (including phenoxy) is 2. The van der Waals surface area contributed by atoms with Gasteiger partial charge in [0, 0.05) is 33.4 Å². The van der Waals surface area contributed by atoms with Gasteiger partial charge in [0.05, 0.1) is 12.7 Å². The van der Waals surface area contributed by atoms with Gasteiger partial charge in [0.25, 0.3) is 0 Å². The lowest BCUT2D eigenvalue weighted by Gasteiger charge is -2.17. The Morgan fingerprint density at radius 1 is 1.11 bits per heavy atom. The summed E-state index contributed by atoms with van der Waals surface area (Å²) >= 11 is 11.9. The highest BCUT2D eigenvalue weighted by Gasteiger charge is 2.29. The number of methoxy groups -OCH3 is 1. The van der Waals surface area contributed by atoms with E-state index in [1.165, 1.54) is 42.7 Å². The van der Waals surface area contributed by atoms with Crippen LogP contribution in [0.5, 0.6) is 0 Å². The molecular weight excluding hydrogens is 396 g/mol. The number of fused-ring (bicyclic) bond motifs is 1. The summed E-state index contributed by atoms with van der Waals surface area (Å²) in [6, 6.07) is 8.43. The van der Waals surface area contributed by atoms with Gasteiger partial charge >= 0.3 is 11.9 Å². The molecule has 27 heavy (non-hydrogen) atoms. The minimum Gasteiger partial charge on any atom is -0.466 e. The molecule has 0 aliphatic heterocycles. The fourth-order valence-corrected chi connectivity index (χ4v) is 3.00. The van der Waals surface area contributed by atoms with Crippen LogP contribution in [0.1, 0.15) is 22.0 Å². The molecule has 3 rings (SSSR count). The van der Waals surface area contributed by atoms with E-state index in [0.717, 1.165) is 7.11 Å². The lowest BCUT2D eigenvalue weighted by atomic mass is 10.1. The zero-order valence-electron chi connectivity index (χ0n) is 13.9. The molecule has 0 bridgehead atoms. The maximum atomic E-state index is 14.3. The molecule has 3 aromatic rings. The summed E-state index contributed by atoms with van der Waals surface area (Å²) in [6.45, 7) is 0. The molecule has 0 saturated carbocycles. The second kappa shape index (κ2) is 7.90. The Balaban J connectivity index is 1.97. The van der Waals surface area contributed by atoms with Gasteiger partial charge in [0.2, 0.25) is 6.10 Å². The molecule has 2 aromatic carbocycles. The Morgan fingerprint density at radius 2 is 1.89 bits per heavy atom. The summed E-state index contributed by atoms with van der Waals surface area (Å²) in [4.78, 5) is 28.6. The van der Waals surface area contributed by atoms with Crippen LogP contribution >= 0.6 is 23.2 Å². The molecule has 5 nitrogen and oxygen atoms in total. The molecule has 1 atom stereocenters. The lowest BCUT2D eigenvalue weighted by Crippen LogP contribution is -2.22. The highest BCUT2D eigenvalue weighted by atomic mass is 35.5. The number of carbonyl (C=O) groups is 2. The first-order chi connectivity index (χ1) is 12.9. The first-order valence-electron chi connectivity index (χ1n) is 7.67. The van der Waals surface area contributed by atoms with Gasteiger partial charge in [-0.2, -0.15) is 0 Å². The van der Waals surface area contributed by atoms with Crippen molar-refractivity contribution < 1.29 is 23.5 Å². The van der Waals surface area contributed by atoms with Crippen LogP contribution in [-0.4, -0.2) is 24.0 Å². The van der Waals surface area contributed by atoms with Crippen LogP contribution in [0.2, 0.25) is 10.0 Å². The summed E-state index contributed by atoms with van der Waals surface area (Å²) in [5, 5.41) is 1.57. The summed E-state index contributed by atoms with van der Waals surface area (Å²) < 4.78 is 24.3. The van der Waals surface area contributed by atoms with Crippen LogP contribution in [0, 0.1) is 5.82 Å². The number of hydrogen-bond donors (Lipinski definition) is 0. The molecule has 0 spiro atoms. The Kier molecular flexibility index (Phi) is 5.58. The van der Waals surface area contributed by atoms with E-state index < -0.39 is 23.9 Å². The molecule has 0 amide bonds. The summed E-state index contributed by atoms with van der Waals surface area (Å²) in [7, 11) is 1.14. The molecule has 1 unspecified atom stereocenters. The van der Waals surface area contributed by atoms with E-state index in [9.17, 15) is 14.0 Å². The Bertz CT molecular complexity index is 1040. The quantitative estimate of drug-likeness (QED) is 0.583. The van der Waals surface area contributed by atoms with Crippen LogP contribution in [0.25, 0.3) is 10.8 Å². The van der Waals surface area contributed by atoms with E-state index in [2.05, 4.69) is 9.72 Å². The minimum atomic E-state index is -1.47. The highest BCUT2D eigenvalue weighted by Crippen LogP contribution is 2.30. The van der Waals surface area contributed by atoms with Crippen molar-refractivity contribution in [3.05, 3.63) is 75.8 Å². The molecule has 0 saturated heterocycles. The number of rotatable bonds is 4. The first kappa shape index (κ1) is 19.1. The predicted octanol–water partition coefficient (Wildman–Crippen LogP) is 4.75. The molecule has 0 aliphatic carbocycles. The van der Waals surface area contributed by atoms with Crippen molar-refractivity contribution in [3.63, 3.8) is 0 Å². The van der Waals surface area contributed by atoms with Crippen molar-refractivity contribution in [2.45, 2.75) is 6.10 Å². The van der Waals surface area contributed by atoms with E-state index in [1.807, 2.05) is 0 Å². The number of benzene rings is 2. The fourth-order valence-electron chi connectivity index (χ4n) is 2.49. The zero-order valence-corrected chi connectivity index (χ0v) is 15.4. The van der Waals surface area contributed by atoms with Gasteiger partial charge in [-0.05, 0) is 35.7 Å². The number of esters is 2. The van der Waals surface area contributed by atoms with Gasteiger partial charge in [0.1, 0.15) is 5.82 Å². The SMILES string of the molecule is COC(=O)C(OC(=O)c1cc2ccncc2cc1F)c1ccc(Cl)cc1Cl. The molecule has 1 aromatic heterocycles. The number of nitrogens with zero attached hydrogens (tertiary/aromatic N) is 1. The highest BCUT2D eigenvalue weighted by molar-refractivity contribution is 6.35. The van der Waals surface area contributed by atoms with E-state index >= 15 is 0 Å². The number of aromatic nitrogens is 1. The third-order valence-corrected chi connectivity index (χ3v) is 4.39. The Hall–Kier alpha value is -2.70. The van der Waals surface area contributed by atoms with Gasteiger partial charge in [-0.15, -0.1) is 0 Å². The molecule has 8 heteroatoms. The van der Waals surface area contributed by atoms with E-state index in [-0.39, 0.29) is 16.1 Å². The summed E-state index contributed by atoms with van der Waals surface area (Å²) in [6.07, 6.45) is 1.51.